The number of hydrogen-bond donors (Lipinski definition) is 0. The van der Waals surface area contributed by atoms with Gasteiger partial charge < -0.3 is 4.74 Å². The normalized spacial score (nSPS) is 14.4. The predicted molar refractivity (Wildman–Crippen MR) is 129 cm³/mol. The van der Waals surface area contributed by atoms with E-state index in [1.807, 2.05) is 12.4 Å². The number of benzene rings is 3. The van der Waals surface area contributed by atoms with Gasteiger partial charge in [-0.25, -0.2) is 9.97 Å². The highest BCUT2D eigenvalue weighted by atomic mass is 16.5. The number of hydrogen-bond acceptors (Lipinski definition) is 3. The van der Waals surface area contributed by atoms with Gasteiger partial charge in [0, 0.05) is 42.8 Å². The maximum absolute atomic E-state index is 6.89. The molecule has 160 valence electrons. The number of fused-ring (bicyclic) bond motifs is 1. The molecule has 0 saturated carbocycles. The summed E-state index contributed by atoms with van der Waals surface area (Å²) in [6.07, 6.45) is 8.45. The van der Waals surface area contributed by atoms with Gasteiger partial charge in [0.15, 0.2) is 0 Å². The van der Waals surface area contributed by atoms with Gasteiger partial charge in [-0.15, -0.1) is 0 Å². The molecule has 0 fully saturated rings. The molecule has 0 saturated heterocycles. The smallest absolute Gasteiger partial charge is 0.127 e. The molecule has 0 bridgehead atoms. The van der Waals surface area contributed by atoms with E-state index in [4.69, 9.17) is 4.74 Å². The fourth-order valence-corrected chi connectivity index (χ4v) is 4.75. The first-order valence-corrected chi connectivity index (χ1v) is 11.4. The van der Waals surface area contributed by atoms with E-state index in [-0.39, 0.29) is 5.60 Å². The van der Waals surface area contributed by atoms with Crippen LogP contribution in [0.25, 0.3) is 11.1 Å². The minimum Gasteiger partial charge on any atom is -0.486 e. The van der Waals surface area contributed by atoms with Crippen LogP contribution >= 0.6 is 0 Å². The Morgan fingerprint density at radius 2 is 1.41 bits per heavy atom. The molecule has 0 amide bonds. The van der Waals surface area contributed by atoms with Crippen LogP contribution in [0, 0.1) is 0 Å². The number of ether oxygens (including phenoxy) is 1. The molecule has 1 aliphatic rings. The highest BCUT2D eigenvalue weighted by Crippen LogP contribution is 2.41. The molecule has 0 aliphatic carbocycles. The number of aryl methyl sites for hydroxylation is 1. The van der Waals surface area contributed by atoms with Gasteiger partial charge in [0.05, 0.1) is 0 Å². The summed E-state index contributed by atoms with van der Waals surface area (Å²) in [6.45, 7) is 2.08. The molecule has 2 heterocycles. The molecule has 0 N–H and O–H groups in total. The van der Waals surface area contributed by atoms with Crippen molar-refractivity contribution in [2.24, 2.45) is 0 Å². The Morgan fingerprint density at radius 1 is 0.781 bits per heavy atom. The molecule has 5 rings (SSSR count). The van der Waals surface area contributed by atoms with E-state index in [1.54, 1.807) is 0 Å². The first kappa shape index (κ1) is 20.4. The minimum absolute atomic E-state index is 0.267. The predicted octanol–water partition coefficient (Wildman–Crippen LogP) is 6.26. The largest absolute Gasteiger partial charge is 0.486 e. The summed E-state index contributed by atoms with van der Waals surface area (Å²) < 4.78 is 6.89. The van der Waals surface area contributed by atoms with E-state index in [9.17, 15) is 0 Å². The van der Waals surface area contributed by atoms with Crippen LogP contribution in [-0.2, 0) is 25.7 Å². The SMILES string of the molecule is CCc1ncc(-c2cccc3c2CCC(Cc2ccccc2)(Cc2ccccc2)O3)cn1. The Hall–Kier alpha value is -3.46. The quantitative estimate of drug-likeness (QED) is 0.369. The summed E-state index contributed by atoms with van der Waals surface area (Å²) >= 11 is 0. The molecule has 0 atom stereocenters. The zero-order valence-corrected chi connectivity index (χ0v) is 18.5. The van der Waals surface area contributed by atoms with Gasteiger partial charge in [-0.05, 0) is 35.6 Å². The highest BCUT2D eigenvalue weighted by molar-refractivity contribution is 5.69. The third-order valence-corrected chi connectivity index (χ3v) is 6.36. The van der Waals surface area contributed by atoms with Gasteiger partial charge in [-0.1, -0.05) is 79.7 Å². The van der Waals surface area contributed by atoms with E-state index >= 15 is 0 Å². The molecule has 4 aromatic rings. The monoisotopic (exact) mass is 420 g/mol. The lowest BCUT2D eigenvalue weighted by atomic mass is 9.80. The Kier molecular flexibility index (Phi) is 5.72. The zero-order chi connectivity index (χ0) is 21.8. The molecule has 3 heteroatoms. The van der Waals surface area contributed by atoms with Gasteiger partial charge in [0.1, 0.15) is 17.2 Å². The van der Waals surface area contributed by atoms with Crippen molar-refractivity contribution in [3.63, 3.8) is 0 Å². The summed E-state index contributed by atoms with van der Waals surface area (Å²) in [5.74, 6) is 1.86. The van der Waals surface area contributed by atoms with E-state index in [1.165, 1.54) is 22.3 Å². The van der Waals surface area contributed by atoms with E-state index in [0.717, 1.165) is 49.2 Å². The van der Waals surface area contributed by atoms with E-state index in [0.29, 0.717) is 0 Å². The molecular formula is C29H28N2O. The molecule has 3 aromatic carbocycles. The molecule has 1 aliphatic heterocycles. The minimum atomic E-state index is -0.267. The maximum atomic E-state index is 6.89. The molecule has 0 spiro atoms. The van der Waals surface area contributed by atoms with Gasteiger partial charge >= 0.3 is 0 Å². The topological polar surface area (TPSA) is 35.0 Å². The lowest BCUT2D eigenvalue weighted by Crippen LogP contribution is -2.44. The van der Waals surface area contributed by atoms with Gasteiger partial charge in [0.2, 0.25) is 0 Å². The molecule has 3 nitrogen and oxygen atoms in total. The zero-order valence-electron chi connectivity index (χ0n) is 18.5. The maximum Gasteiger partial charge on any atom is 0.127 e. The van der Waals surface area contributed by atoms with Crippen LogP contribution in [0.5, 0.6) is 5.75 Å². The summed E-state index contributed by atoms with van der Waals surface area (Å²) in [5, 5.41) is 0. The first-order valence-electron chi connectivity index (χ1n) is 11.4. The number of aromatic nitrogens is 2. The lowest BCUT2D eigenvalue weighted by molar-refractivity contribution is 0.0466. The highest BCUT2D eigenvalue weighted by Gasteiger charge is 2.37. The van der Waals surface area contributed by atoms with Gasteiger partial charge in [-0.3, -0.25) is 0 Å². The average Bonchev–Trinajstić information content (AvgIpc) is 2.85. The summed E-state index contributed by atoms with van der Waals surface area (Å²) in [4.78, 5) is 9.02. The fourth-order valence-electron chi connectivity index (χ4n) is 4.75. The van der Waals surface area contributed by atoms with Gasteiger partial charge in [0.25, 0.3) is 0 Å². The molecule has 1 aromatic heterocycles. The number of nitrogens with zero attached hydrogens (tertiary/aromatic N) is 2. The van der Waals surface area contributed by atoms with Crippen LogP contribution in [0.1, 0.15) is 35.9 Å². The van der Waals surface area contributed by atoms with Crippen molar-refractivity contribution in [3.05, 3.63) is 114 Å². The van der Waals surface area contributed by atoms with Crippen LogP contribution in [0.4, 0.5) is 0 Å². The van der Waals surface area contributed by atoms with Crippen molar-refractivity contribution < 1.29 is 4.74 Å². The van der Waals surface area contributed by atoms with Crippen molar-refractivity contribution in [2.45, 2.75) is 44.6 Å². The van der Waals surface area contributed by atoms with Crippen molar-refractivity contribution in [3.8, 4) is 16.9 Å². The van der Waals surface area contributed by atoms with E-state index in [2.05, 4.69) is 95.8 Å². The Morgan fingerprint density at radius 3 is 2.00 bits per heavy atom. The van der Waals surface area contributed by atoms with Crippen LogP contribution < -0.4 is 4.74 Å². The summed E-state index contributed by atoms with van der Waals surface area (Å²) in [7, 11) is 0. The first-order chi connectivity index (χ1) is 15.7. The second-order valence-electron chi connectivity index (χ2n) is 8.63. The molecule has 0 radical (unpaired) electrons. The Bertz CT molecular complexity index is 1130. The van der Waals surface area contributed by atoms with Crippen molar-refractivity contribution in [1.82, 2.24) is 9.97 Å². The fraction of sp³-hybridized carbons (Fsp3) is 0.241. The van der Waals surface area contributed by atoms with Crippen LogP contribution in [0.3, 0.4) is 0 Å². The van der Waals surface area contributed by atoms with Gasteiger partial charge in [-0.2, -0.15) is 0 Å². The van der Waals surface area contributed by atoms with Crippen molar-refractivity contribution in [1.29, 1.82) is 0 Å². The third kappa shape index (κ3) is 4.29. The second kappa shape index (κ2) is 8.96. The number of rotatable bonds is 6. The van der Waals surface area contributed by atoms with Crippen LogP contribution in [0.2, 0.25) is 0 Å². The standard InChI is InChI=1S/C29H28N2O/c1-2-28-30-20-24(21-31-28)25-14-9-15-27-26(25)16-17-29(32-27,18-22-10-5-3-6-11-22)19-23-12-7-4-8-13-23/h3-15,20-21H,2,16-19H2,1H3. The lowest BCUT2D eigenvalue weighted by Gasteiger charge is -2.40. The second-order valence-corrected chi connectivity index (χ2v) is 8.63. The van der Waals surface area contributed by atoms with Crippen LogP contribution in [0.15, 0.2) is 91.3 Å². The third-order valence-electron chi connectivity index (χ3n) is 6.36. The molecule has 0 unspecified atom stereocenters. The Balaban J connectivity index is 1.50. The van der Waals surface area contributed by atoms with E-state index < -0.39 is 0 Å². The van der Waals surface area contributed by atoms with Crippen LogP contribution in [-0.4, -0.2) is 15.6 Å². The summed E-state index contributed by atoms with van der Waals surface area (Å²) in [5.41, 5.74) is 5.85. The average molecular weight is 421 g/mol. The molecule has 32 heavy (non-hydrogen) atoms. The summed E-state index contributed by atoms with van der Waals surface area (Å²) in [6, 6.07) is 27.8. The van der Waals surface area contributed by atoms with Crippen molar-refractivity contribution >= 4 is 0 Å². The van der Waals surface area contributed by atoms with Crippen molar-refractivity contribution in [2.75, 3.05) is 0 Å². The Labute approximate surface area is 190 Å². The molecular weight excluding hydrogens is 392 g/mol.